The molecule has 0 spiro atoms. The van der Waals surface area contributed by atoms with Crippen molar-refractivity contribution in [3.05, 3.63) is 28.7 Å². The molecule has 0 fully saturated rings. The molecule has 1 rings (SSSR count). The maximum atomic E-state index is 12.6. The zero-order valence-corrected chi connectivity index (χ0v) is 15.7. The molecule has 0 saturated heterocycles. The van der Waals surface area contributed by atoms with Crippen LogP contribution >= 0.6 is 0 Å². The van der Waals surface area contributed by atoms with Gasteiger partial charge in [-0.05, 0) is 43.6 Å². The molecule has 1 aromatic carbocycles. The Hall–Kier alpha value is -2.00. The van der Waals surface area contributed by atoms with Crippen LogP contribution in [0, 0.1) is 4.91 Å². The van der Waals surface area contributed by atoms with Gasteiger partial charge in [-0.15, -0.1) is 9.27 Å². The molecule has 0 aliphatic heterocycles. The normalized spacial score (nSPS) is 13.6. The number of nitrogens with zero attached hydrogens (tertiary/aromatic N) is 2. The average molecular weight is 372 g/mol. The third-order valence-corrected chi connectivity index (χ3v) is 4.13. The van der Waals surface area contributed by atoms with Crippen LogP contribution in [0.15, 0.2) is 27.7 Å². The van der Waals surface area contributed by atoms with Crippen LogP contribution in [-0.2, 0) is 20.2 Å². The molecule has 0 heterocycles. The zero-order valence-electron chi connectivity index (χ0n) is 14.9. The summed E-state index contributed by atoms with van der Waals surface area (Å²) in [5, 5.41) is 11.6. The van der Waals surface area contributed by atoms with Crippen LogP contribution in [0.2, 0.25) is 0 Å². The van der Waals surface area contributed by atoms with Crippen molar-refractivity contribution < 1.29 is 23.6 Å². The monoisotopic (exact) mass is 372 g/mol. The first kappa shape index (κ1) is 21.0. The standard InChI is InChI=1S/C16H24N2O6S/c1-16(2,3)24-15(20)18-25(4,22)11-12-8-13(17-21)10-14(9-12)23-7-5-6-19/h8-10,19H,5-7,11H2,1-4H3. The van der Waals surface area contributed by atoms with E-state index >= 15 is 0 Å². The highest BCUT2D eigenvalue weighted by Crippen LogP contribution is 2.25. The maximum absolute atomic E-state index is 12.6. The largest absolute Gasteiger partial charge is 0.493 e. The lowest BCUT2D eigenvalue weighted by Crippen LogP contribution is -2.22. The van der Waals surface area contributed by atoms with E-state index in [9.17, 15) is 13.9 Å². The summed E-state index contributed by atoms with van der Waals surface area (Å²) < 4.78 is 26.7. The molecular formula is C16H24N2O6S. The molecule has 0 radical (unpaired) electrons. The Morgan fingerprint density at radius 2 is 1.96 bits per heavy atom. The fourth-order valence-electron chi connectivity index (χ4n) is 1.90. The lowest BCUT2D eigenvalue weighted by Gasteiger charge is -2.17. The SMILES string of the molecule is CC(C)(C)OC(=O)N=S(C)(=O)Cc1cc(N=O)cc(OCCCO)c1. The molecule has 0 aliphatic rings. The van der Waals surface area contributed by atoms with Crippen molar-refractivity contribution in [2.24, 2.45) is 9.54 Å². The molecule has 0 aromatic heterocycles. The highest BCUT2D eigenvalue weighted by Gasteiger charge is 2.18. The highest BCUT2D eigenvalue weighted by molar-refractivity contribution is 7.92. The zero-order chi connectivity index (χ0) is 19.1. The van der Waals surface area contributed by atoms with Crippen molar-refractivity contribution in [1.29, 1.82) is 0 Å². The van der Waals surface area contributed by atoms with Gasteiger partial charge in [0, 0.05) is 25.3 Å². The number of nitroso groups, excluding NO2 is 1. The number of aliphatic hydroxyl groups excluding tert-OH is 1. The summed E-state index contributed by atoms with van der Waals surface area (Å²) in [6, 6.07) is 4.50. The molecule has 0 aliphatic carbocycles. The van der Waals surface area contributed by atoms with Gasteiger partial charge in [0.05, 0.1) is 22.1 Å². The van der Waals surface area contributed by atoms with E-state index < -0.39 is 21.4 Å². The molecular weight excluding hydrogens is 348 g/mol. The molecule has 0 bridgehead atoms. The fourth-order valence-corrected chi connectivity index (χ4v) is 3.10. The first-order valence-electron chi connectivity index (χ1n) is 7.68. The molecule has 0 saturated carbocycles. The van der Waals surface area contributed by atoms with Crippen molar-refractivity contribution in [1.82, 2.24) is 0 Å². The van der Waals surface area contributed by atoms with Crippen LogP contribution in [0.25, 0.3) is 0 Å². The van der Waals surface area contributed by atoms with Gasteiger partial charge in [-0.2, -0.15) is 0 Å². The molecule has 25 heavy (non-hydrogen) atoms. The third-order valence-electron chi connectivity index (χ3n) is 2.72. The first-order valence-corrected chi connectivity index (χ1v) is 9.78. The predicted molar refractivity (Wildman–Crippen MR) is 95.5 cm³/mol. The van der Waals surface area contributed by atoms with Crippen molar-refractivity contribution in [2.45, 2.75) is 38.5 Å². The van der Waals surface area contributed by atoms with Crippen molar-refractivity contribution in [2.75, 3.05) is 19.5 Å². The minimum atomic E-state index is -2.91. The summed E-state index contributed by atoms with van der Waals surface area (Å²) in [5.74, 6) is 0.305. The van der Waals surface area contributed by atoms with Crippen LogP contribution in [0.1, 0.15) is 32.8 Å². The number of ether oxygens (including phenoxy) is 2. The fraction of sp³-hybridized carbons (Fsp3) is 0.562. The van der Waals surface area contributed by atoms with Crippen LogP contribution in [0.5, 0.6) is 5.75 Å². The van der Waals surface area contributed by atoms with Gasteiger partial charge < -0.3 is 14.6 Å². The van der Waals surface area contributed by atoms with Gasteiger partial charge in [0.25, 0.3) is 0 Å². The minimum Gasteiger partial charge on any atom is -0.493 e. The smallest absolute Gasteiger partial charge is 0.442 e. The van der Waals surface area contributed by atoms with E-state index in [0.29, 0.717) is 17.7 Å². The Kier molecular flexibility index (Phi) is 7.50. The second kappa shape index (κ2) is 8.91. The summed E-state index contributed by atoms with van der Waals surface area (Å²) in [4.78, 5) is 22.6. The van der Waals surface area contributed by atoms with Crippen molar-refractivity contribution in [3.63, 3.8) is 0 Å². The van der Waals surface area contributed by atoms with Gasteiger partial charge >= 0.3 is 6.09 Å². The Morgan fingerprint density at radius 1 is 1.28 bits per heavy atom. The molecule has 8 nitrogen and oxygen atoms in total. The van der Waals surface area contributed by atoms with Gasteiger partial charge in [-0.25, -0.2) is 9.00 Å². The topological polar surface area (TPSA) is 115 Å². The lowest BCUT2D eigenvalue weighted by molar-refractivity contribution is 0.0607. The number of benzene rings is 1. The van der Waals surface area contributed by atoms with E-state index in [4.69, 9.17) is 14.6 Å². The number of rotatable bonds is 7. The molecule has 1 atom stereocenters. The summed E-state index contributed by atoms with van der Waals surface area (Å²) in [6.07, 6.45) is 0.876. The maximum Gasteiger partial charge on any atom is 0.442 e. The quantitative estimate of drug-likeness (QED) is 0.579. The summed E-state index contributed by atoms with van der Waals surface area (Å²) >= 11 is 0. The number of hydrogen-bond acceptors (Lipinski definition) is 7. The van der Waals surface area contributed by atoms with Gasteiger partial charge in [-0.1, -0.05) is 0 Å². The molecule has 1 unspecified atom stereocenters. The molecule has 140 valence electrons. The van der Waals surface area contributed by atoms with Gasteiger partial charge in [0.15, 0.2) is 0 Å². The van der Waals surface area contributed by atoms with Crippen LogP contribution in [0.4, 0.5) is 10.5 Å². The number of carbonyl (C=O) groups excluding carboxylic acids is 1. The molecule has 9 heteroatoms. The van der Waals surface area contributed by atoms with E-state index in [0.717, 1.165) is 0 Å². The van der Waals surface area contributed by atoms with Gasteiger partial charge in [-0.3, -0.25) is 0 Å². The van der Waals surface area contributed by atoms with Crippen LogP contribution < -0.4 is 4.74 Å². The van der Waals surface area contributed by atoms with Gasteiger partial charge in [0.1, 0.15) is 17.0 Å². The Balaban J connectivity index is 2.99. The van der Waals surface area contributed by atoms with E-state index in [1.54, 1.807) is 26.8 Å². The summed E-state index contributed by atoms with van der Waals surface area (Å²) in [7, 11) is -2.91. The second-order valence-corrected chi connectivity index (χ2v) is 8.92. The Bertz CT molecular complexity index is 733. The van der Waals surface area contributed by atoms with Crippen LogP contribution in [0.3, 0.4) is 0 Å². The average Bonchev–Trinajstić information content (AvgIpc) is 2.43. The number of carbonyl (C=O) groups is 1. The summed E-state index contributed by atoms with van der Waals surface area (Å²) in [6.45, 7) is 5.31. The first-order chi connectivity index (χ1) is 11.5. The Labute approximate surface area is 147 Å². The van der Waals surface area contributed by atoms with E-state index in [2.05, 4.69) is 9.54 Å². The van der Waals surface area contributed by atoms with E-state index in [-0.39, 0.29) is 24.7 Å². The van der Waals surface area contributed by atoms with Crippen molar-refractivity contribution >= 4 is 21.5 Å². The molecule has 1 N–H and O–H groups in total. The second-order valence-electron chi connectivity index (χ2n) is 6.53. The highest BCUT2D eigenvalue weighted by atomic mass is 32.2. The van der Waals surface area contributed by atoms with Gasteiger partial charge in [0.2, 0.25) is 0 Å². The van der Waals surface area contributed by atoms with E-state index in [1.807, 2.05) is 0 Å². The molecule has 1 aromatic rings. The number of hydrogen-bond donors (Lipinski definition) is 1. The minimum absolute atomic E-state index is 0.0178. The van der Waals surface area contributed by atoms with E-state index in [1.165, 1.54) is 18.4 Å². The summed E-state index contributed by atoms with van der Waals surface area (Å²) in [5.41, 5.74) is -0.120. The lowest BCUT2D eigenvalue weighted by atomic mass is 10.2. The number of amides is 1. The number of aliphatic hydroxyl groups is 1. The van der Waals surface area contributed by atoms with Crippen molar-refractivity contribution in [3.8, 4) is 5.75 Å². The van der Waals surface area contributed by atoms with Crippen LogP contribution in [-0.4, -0.2) is 40.5 Å². The Morgan fingerprint density at radius 3 is 2.52 bits per heavy atom. The predicted octanol–water partition coefficient (Wildman–Crippen LogP) is 3.38. The molecule has 1 amide bonds. The third kappa shape index (κ3) is 8.59.